The highest BCUT2D eigenvalue weighted by atomic mass is 14.9. The van der Waals surface area contributed by atoms with Crippen molar-refractivity contribution in [3.63, 3.8) is 0 Å². The highest BCUT2D eigenvalue weighted by Crippen LogP contribution is 2.16. The lowest BCUT2D eigenvalue weighted by atomic mass is 9.96. The van der Waals surface area contributed by atoms with Crippen LogP contribution in [0, 0.1) is 0 Å². The van der Waals surface area contributed by atoms with Gasteiger partial charge in [0.1, 0.15) is 0 Å². The Morgan fingerprint density at radius 2 is 1.47 bits per heavy atom. The molecule has 0 rings (SSSR count). The van der Waals surface area contributed by atoms with Crippen LogP contribution in [0.15, 0.2) is 12.2 Å². The molecule has 0 bridgehead atoms. The molecular formula is C18H36N. The molecule has 113 valence electrons. The summed E-state index contributed by atoms with van der Waals surface area (Å²) >= 11 is 0. The molecule has 0 aliphatic heterocycles. The van der Waals surface area contributed by atoms with Crippen molar-refractivity contribution in [1.29, 1.82) is 0 Å². The molecule has 0 unspecified atom stereocenters. The normalized spacial score (nSPS) is 12.4. The van der Waals surface area contributed by atoms with Crippen LogP contribution in [0.2, 0.25) is 0 Å². The van der Waals surface area contributed by atoms with E-state index in [1.54, 1.807) is 0 Å². The number of hydrogen-bond acceptors (Lipinski definition) is 0. The van der Waals surface area contributed by atoms with Crippen LogP contribution in [0.25, 0.3) is 0 Å². The molecule has 0 atom stereocenters. The first-order valence-corrected chi connectivity index (χ1v) is 8.46. The smallest absolute Gasteiger partial charge is 0.0300 e. The van der Waals surface area contributed by atoms with Gasteiger partial charge < -0.3 is 0 Å². The van der Waals surface area contributed by atoms with Crippen LogP contribution in [-0.4, -0.2) is 12.1 Å². The van der Waals surface area contributed by atoms with E-state index in [-0.39, 0.29) is 5.54 Å². The largest absolute Gasteiger partial charge is 0.236 e. The molecule has 1 radical (unpaired) electrons. The van der Waals surface area contributed by atoms with Gasteiger partial charge in [0.05, 0.1) is 0 Å². The number of rotatable bonds is 13. The SMILES string of the molecule is CCC=CCCCCCCCCC(C)(C)[N]CCC. The minimum atomic E-state index is 0.209. The van der Waals surface area contributed by atoms with Crippen molar-refractivity contribution < 1.29 is 0 Å². The molecule has 0 aromatic carbocycles. The van der Waals surface area contributed by atoms with Crippen molar-refractivity contribution in [3.8, 4) is 0 Å². The Balaban J connectivity index is 3.28. The van der Waals surface area contributed by atoms with Gasteiger partial charge in [-0.1, -0.05) is 58.1 Å². The molecule has 1 nitrogen and oxygen atoms in total. The van der Waals surface area contributed by atoms with Crippen molar-refractivity contribution >= 4 is 0 Å². The predicted octanol–water partition coefficient (Wildman–Crippen LogP) is 5.87. The number of hydrogen-bond donors (Lipinski definition) is 0. The molecule has 0 heterocycles. The van der Waals surface area contributed by atoms with Crippen LogP contribution in [0.4, 0.5) is 0 Å². The van der Waals surface area contributed by atoms with Crippen LogP contribution in [0.3, 0.4) is 0 Å². The van der Waals surface area contributed by atoms with E-state index in [9.17, 15) is 0 Å². The lowest BCUT2D eigenvalue weighted by Crippen LogP contribution is -2.33. The Morgan fingerprint density at radius 1 is 0.842 bits per heavy atom. The maximum atomic E-state index is 4.74. The molecule has 0 saturated heterocycles. The van der Waals surface area contributed by atoms with Gasteiger partial charge in [0.25, 0.3) is 0 Å². The van der Waals surface area contributed by atoms with E-state index < -0.39 is 0 Å². The van der Waals surface area contributed by atoms with E-state index in [0.717, 1.165) is 6.54 Å². The molecule has 0 fully saturated rings. The first-order chi connectivity index (χ1) is 9.12. The van der Waals surface area contributed by atoms with E-state index in [2.05, 4.69) is 39.8 Å². The Labute approximate surface area is 122 Å². The highest BCUT2D eigenvalue weighted by molar-refractivity contribution is 4.79. The van der Waals surface area contributed by atoms with Gasteiger partial charge in [0.2, 0.25) is 0 Å². The van der Waals surface area contributed by atoms with Gasteiger partial charge in [-0.25, -0.2) is 5.32 Å². The third-order valence-corrected chi connectivity index (χ3v) is 3.58. The van der Waals surface area contributed by atoms with Crippen LogP contribution < -0.4 is 5.32 Å². The molecule has 0 saturated carbocycles. The Kier molecular flexibility index (Phi) is 12.5. The Morgan fingerprint density at radius 3 is 2.11 bits per heavy atom. The Bertz CT molecular complexity index is 206. The van der Waals surface area contributed by atoms with Crippen molar-refractivity contribution in [1.82, 2.24) is 5.32 Å². The van der Waals surface area contributed by atoms with E-state index in [1.807, 2.05) is 0 Å². The summed E-state index contributed by atoms with van der Waals surface area (Å²) < 4.78 is 0. The summed E-state index contributed by atoms with van der Waals surface area (Å²) in [4.78, 5) is 0. The lowest BCUT2D eigenvalue weighted by molar-refractivity contribution is 0.340. The van der Waals surface area contributed by atoms with Crippen LogP contribution in [0.5, 0.6) is 0 Å². The van der Waals surface area contributed by atoms with Crippen LogP contribution >= 0.6 is 0 Å². The van der Waals surface area contributed by atoms with E-state index in [4.69, 9.17) is 5.32 Å². The van der Waals surface area contributed by atoms with Gasteiger partial charge >= 0.3 is 0 Å². The predicted molar refractivity (Wildman–Crippen MR) is 87.7 cm³/mol. The highest BCUT2D eigenvalue weighted by Gasteiger charge is 2.16. The van der Waals surface area contributed by atoms with Crippen LogP contribution in [0.1, 0.15) is 91.9 Å². The lowest BCUT2D eigenvalue weighted by Gasteiger charge is -2.24. The van der Waals surface area contributed by atoms with Gasteiger partial charge in [-0.2, -0.15) is 0 Å². The topological polar surface area (TPSA) is 14.1 Å². The van der Waals surface area contributed by atoms with Crippen molar-refractivity contribution in [2.45, 2.75) is 97.4 Å². The third-order valence-electron chi connectivity index (χ3n) is 3.58. The second kappa shape index (κ2) is 12.7. The molecular weight excluding hydrogens is 230 g/mol. The Hall–Kier alpha value is -0.300. The summed E-state index contributed by atoms with van der Waals surface area (Å²) in [6, 6.07) is 0. The van der Waals surface area contributed by atoms with E-state index in [0.29, 0.717) is 0 Å². The minimum absolute atomic E-state index is 0.209. The average molecular weight is 266 g/mol. The molecule has 1 heteroatoms. The standard InChI is InChI=1S/C18H36N/c1-5-7-8-9-10-11-12-13-14-15-16-18(3,4)19-17-6-2/h7-8H,5-6,9-17H2,1-4H3. The fraction of sp³-hybridized carbons (Fsp3) is 0.889. The third kappa shape index (κ3) is 13.9. The van der Waals surface area contributed by atoms with Gasteiger partial charge in [-0.05, 0) is 46.0 Å². The van der Waals surface area contributed by atoms with Crippen molar-refractivity contribution in [2.75, 3.05) is 6.54 Å². The maximum Gasteiger partial charge on any atom is 0.0300 e. The quantitative estimate of drug-likeness (QED) is 0.292. The summed E-state index contributed by atoms with van der Waals surface area (Å²) in [7, 11) is 0. The molecule has 0 spiro atoms. The van der Waals surface area contributed by atoms with Gasteiger partial charge in [0, 0.05) is 12.1 Å². The molecule has 0 aliphatic rings. The number of nitrogens with zero attached hydrogens (tertiary/aromatic N) is 1. The zero-order chi connectivity index (χ0) is 14.4. The summed E-state index contributed by atoms with van der Waals surface area (Å²) in [5.41, 5.74) is 0.209. The maximum absolute atomic E-state index is 4.74. The molecule has 0 amide bonds. The number of unbranched alkanes of at least 4 members (excludes halogenated alkanes) is 6. The molecule has 0 aromatic rings. The first-order valence-electron chi connectivity index (χ1n) is 8.46. The van der Waals surface area contributed by atoms with Crippen molar-refractivity contribution in [2.24, 2.45) is 0 Å². The van der Waals surface area contributed by atoms with Crippen molar-refractivity contribution in [3.05, 3.63) is 12.2 Å². The van der Waals surface area contributed by atoms with E-state index in [1.165, 1.54) is 64.2 Å². The second-order valence-electron chi connectivity index (χ2n) is 6.23. The summed E-state index contributed by atoms with van der Waals surface area (Å²) in [5.74, 6) is 0. The summed E-state index contributed by atoms with van der Waals surface area (Å²) in [6.07, 6.45) is 17.8. The fourth-order valence-electron chi connectivity index (χ4n) is 2.30. The first kappa shape index (κ1) is 18.7. The van der Waals surface area contributed by atoms with Crippen LogP contribution in [-0.2, 0) is 0 Å². The molecule has 0 aromatic heterocycles. The van der Waals surface area contributed by atoms with E-state index >= 15 is 0 Å². The van der Waals surface area contributed by atoms with Gasteiger partial charge in [0.15, 0.2) is 0 Å². The van der Waals surface area contributed by atoms with Gasteiger partial charge in [-0.15, -0.1) is 0 Å². The summed E-state index contributed by atoms with van der Waals surface area (Å²) in [5, 5.41) is 4.74. The molecule has 19 heavy (non-hydrogen) atoms. The molecule has 0 aliphatic carbocycles. The zero-order valence-corrected chi connectivity index (χ0v) is 13.9. The monoisotopic (exact) mass is 266 g/mol. The fourth-order valence-corrected chi connectivity index (χ4v) is 2.30. The summed E-state index contributed by atoms with van der Waals surface area (Å²) in [6.45, 7) is 9.99. The zero-order valence-electron chi connectivity index (χ0n) is 13.9. The number of allylic oxidation sites excluding steroid dienone is 2. The average Bonchev–Trinajstić information content (AvgIpc) is 2.38. The van der Waals surface area contributed by atoms with Gasteiger partial charge in [-0.3, -0.25) is 0 Å². The minimum Gasteiger partial charge on any atom is -0.236 e. The molecule has 0 N–H and O–H groups in total. The second-order valence-corrected chi connectivity index (χ2v) is 6.23.